The molecule has 3 heteroatoms. The number of hydrogen-bond donors (Lipinski definition) is 0. The zero-order chi connectivity index (χ0) is 12.4. The van der Waals surface area contributed by atoms with E-state index in [9.17, 15) is 0 Å². The summed E-state index contributed by atoms with van der Waals surface area (Å²) in [6.07, 6.45) is 7.44. The van der Waals surface area contributed by atoms with Crippen LogP contribution in [0.15, 0.2) is 33.7 Å². The second kappa shape index (κ2) is 5.04. The van der Waals surface area contributed by atoms with Crippen LogP contribution in [0.4, 0.5) is 0 Å². The summed E-state index contributed by atoms with van der Waals surface area (Å²) in [5, 5.41) is 0. The van der Waals surface area contributed by atoms with Crippen LogP contribution in [-0.4, -0.2) is 18.0 Å². The average Bonchev–Trinajstić information content (AvgIpc) is 2.40. The fourth-order valence-corrected chi connectivity index (χ4v) is 3.20. The van der Waals surface area contributed by atoms with Gasteiger partial charge in [0, 0.05) is 23.0 Å². The van der Waals surface area contributed by atoms with Crippen LogP contribution in [0.2, 0.25) is 0 Å². The lowest BCUT2D eigenvalue weighted by atomic mass is 9.81. The van der Waals surface area contributed by atoms with Gasteiger partial charge >= 0.3 is 0 Å². The summed E-state index contributed by atoms with van der Waals surface area (Å²) < 4.78 is 7.37. The van der Waals surface area contributed by atoms with Gasteiger partial charge in [-0.25, -0.2) is 0 Å². The zero-order valence-electron chi connectivity index (χ0n) is 10.5. The number of benzene rings is 1. The van der Waals surface area contributed by atoms with E-state index in [1.54, 1.807) is 0 Å². The molecular weight excluding hydrogens is 290 g/mol. The molecular formula is C15H18BrNO. The van der Waals surface area contributed by atoms with Gasteiger partial charge in [0.05, 0.1) is 0 Å². The van der Waals surface area contributed by atoms with Gasteiger partial charge < -0.3 is 4.74 Å². The number of aliphatic imine (C=N–C) groups is 1. The molecule has 0 aromatic heterocycles. The van der Waals surface area contributed by atoms with Crippen LogP contribution in [0.3, 0.4) is 0 Å². The number of hydrogen-bond acceptors (Lipinski definition) is 2. The fraction of sp³-hybridized carbons (Fsp3) is 0.533. The maximum Gasteiger partial charge on any atom is 0.216 e. The van der Waals surface area contributed by atoms with E-state index in [1.165, 1.54) is 32.1 Å². The number of halogens is 1. The summed E-state index contributed by atoms with van der Waals surface area (Å²) in [6, 6.07) is 8.24. The van der Waals surface area contributed by atoms with Gasteiger partial charge in [-0.3, -0.25) is 4.99 Å². The lowest BCUT2D eigenvalue weighted by molar-refractivity contribution is 0.00400. The minimum atomic E-state index is 0.0857. The Hall–Kier alpha value is -0.830. The van der Waals surface area contributed by atoms with Crippen molar-refractivity contribution in [1.29, 1.82) is 0 Å². The van der Waals surface area contributed by atoms with Crippen molar-refractivity contribution in [2.45, 2.75) is 44.1 Å². The first kappa shape index (κ1) is 12.2. The highest BCUT2D eigenvalue weighted by Gasteiger charge is 2.37. The van der Waals surface area contributed by atoms with E-state index in [2.05, 4.69) is 33.1 Å². The van der Waals surface area contributed by atoms with Crippen LogP contribution in [-0.2, 0) is 4.74 Å². The molecule has 0 N–H and O–H groups in total. The molecule has 0 radical (unpaired) electrons. The van der Waals surface area contributed by atoms with Crippen molar-refractivity contribution in [1.82, 2.24) is 0 Å². The molecule has 2 nitrogen and oxygen atoms in total. The number of nitrogens with zero attached hydrogens (tertiary/aromatic N) is 1. The smallest absolute Gasteiger partial charge is 0.216 e. The number of rotatable bonds is 1. The van der Waals surface area contributed by atoms with Crippen molar-refractivity contribution in [3.8, 4) is 0 Å². The normalized spacial score (nSPS) is 22.4. The second-order valence-corrected chi connectivity index (χ2v) is 6.21. The van der Waals surface area contributed by atoms with Crippen molar-refractivity contribution < 1.29 is 4.74 Å². The van der Waals surface area contributed by atoms with E-state index >= 15 is 0 Å². The van der Waals surface area contributed by atoms with E-state index in [1.807, 2.05) is 12.1 Å². The lowest BCUT2D eigenvalue weighted by Gasteiger charge is -2.40. The quantitative estimate of drug-likeness (QED) is 0.757. The monoisotopic (exact) mass is 307 g/mol. The maximum atomic E-state index is 6.28. The molecule has 0 saturated heterocycles. The predicted octanol–water partition coefficient (Wildman–Crippen LogP) is 4.32. The molecule has 1 aromatic carbocycles. The summed E-state index contributed by atoms with van der Waals surface area (Å²) in [5.74, 6) is 0.843. The van der Waals surface area contributed by atoms with E-state index in [-0.39, 0.29) is 5.60 Å². The molecule has 96 valence electrons. The first-order valence-electron chi connectivity index (χ1n) is 6.77. The second-order valence-electron chi connectivity index (χ2n) is 5.29. The Kier molecular flexibility index (Phi) is 3.42. The first-order valence-corrected chi connectivity index (χ1v) is 7.56. The minimum Gasteiger partial charge on any atom is -0.471 e. The zero-order valence-corrected chi connectivity index (χ0v) is 12.1. The molecule has 1 aliphatic heterocycles. The van der Waals surface area contributed by atoms with Gasteiger partial charge in [0.25, 0.3) is 0 Å². The molecule has 0 amide bonds. The predicted molar refractivity (Wildman–Crippen MR) is 77.1 cm³/mol. The van der Waals surface area contributed by atoms with Crippen molar-refractivity contribution >= 4 is 21.8 Å². The van der Waals surface area contributed by atoms with Crippen molar-refractivity contribution in [3.05, 3.63) is 34.3 Å². The largest absolute Gasteiger partial charge is 0.471 e. The van der Waals surface area contributed by atoms with E-state index < -0.39 is 0 Å². The molecule has 1 saturated carbocycles. The SMILES string of the molecule is Brc1ccc(C2=NCCC3(CCCCC3)O2)cc1. The third kappa shape index (κ3) is 2.46. The summed E-state index contributed by atoms with van der Waals surface area (Å²) in [6.45, 7) is 0.908. The molecule has 18 heavy (non-hydrogen) atoms. The molecule has 1 aromatic rings. The van der Waals surface area contributed by atoms with Gasteiger partial charge in [0.1, 0.15) is 5.60 Å². The Morgan fingerprint density at radius 2 is 1.72 bits per heavy atom. The molecule has 2 aliphatic rings. The molecule has 1 spiro atoms. The molecule has 0 unspecified atom stereocenters. The van der Waals surface area contributed by atoms with Gasteiger partial charge in [-0.1, -0.05) is 22.4 Å². The van der Waals surface area contributed by atoms with E-state index in [4.69, 9.17) is 4.74 Å². The van der Waals surface area contributed by atoms with Crippen molar-refractivity contribution in [3.63, 3.8) is 0 Å². The van der Waals surface area contributed by atoms with Crippen LogP contribution >= 0.6 is 15.9 Å². The summed E-state index contributed by atoms with van der Waals surface area (Å²) in [4.78, 5) is 4.56. The third-order valence-electron chi connectivity index (χ3n) is 3.99. The Morgan fingerprint density at radius 3 is 2.44 bits per heavy atom. The van der Waals surface area contributed by atoms with Crippen LogP contribution in [0, 0.1) is 0 Å². The van der Waals surface area contributed by atoms with Crippen LogP contribution in [0.25, 0.3) is 0 Å². The van der Waals surface area contributed by atoms with Gasteiger partial charge in [-0.05, 0) is 49.9 Å². The highest BCUT2D eigenvalue weighted by Crippen LogP contribution is 2.37. The Bertz CT molecular complexity index is 446. The Labute approximate surface area is 117 Å². The van der Waals surface area contributed by atoms with Gasteiger partial charge in [-0.2, -0.15) is 0 Å². The molecule has 3 rings (SSSR count). The molecule has 0 bridgehead atoms. The Balaban J connectivity index is 1.81. The number of ether oxygens (including phenoxy) is 1. The summed E-state index contributed by atoms with van der Waals surface area (Å²) in [5.41, 5.74) is 1.19. The van der Waals surface area contributed by atoms with Crippen LogP contribution in [0.1, 0.15) is 44.1 Å². The van der Waals surface area contributed by atoms with Crippen molar-refractivity contribution in [2.75, 3.05) is 6.54 Å². The highest BCUT2D eigenvalue weighted by molar-refractivity contribution is 9.10. The van der Waals surface area contributed by atoms with E-state index in [0.717, 1.165) is 28.9 Å². The highest BCUT2D eigenvalue weighted by atomic mass is 79.9. The fourth-order valence-electron chi connectivity index (χ4n) is 2.94. The molecule has 1 fully saturated rings. The van der Waals surface area contributed by atoms with Gasteiger partial charge in [0.15, 0.2) is 0 Å². The molecule has 1 aliphatic carbocycles. The summed E-state index contributed by atoms with van der Waals surface area (Å²) >= 11 is 3.46. The third-order valence-corrected chi connectivity index (χ3v) is 4.52. The molecule has 1 heterocycles. The first-order chi connectivity index (χ1) is 8.77. The average molecular weight is 308 g/mol. The standard InChI is InChI=1S/C15H18BrNO/c16-13-6-4-12(5-7-13)14-17-11-10-15(18-14)8-2-1-3-9-15/h4-7H,1-3,8-11H2. The Morgan fingerprint density at radius 1 is 1.00 bits per heavy atom. The van der Waals surface area contributed by atoms with E-state index in [0.29, 0.717) is 0 Å². The summed E-state index contributed by atoms with van der Waals surface area (Å²) in [7, 11) is 0. The molecule has 0 atom stereocenters. The topological polar surface area (TPSA) is 21.6 Å². The maximum absolute atomic E-state index is 6.28. The lowest BCUT2D eigenvalue weighted by Crippen LogP contribution is -2.41. The van der Waals surface area contributed by atoms with Gasteiger partial charge in [0.2, 0.25) is 5.90 Å². The van der Waals surface area contributed by atoms with Gasteiger partial charge in [-0.15, -0.1) is 0 Å². The minimum absolute atomic E-state index is 0.0857. The van der Waals surface area contributed by atoms with Crippen LogP contribution < -0.4 is 0 Å². The van der Waals surface area contributed by atoms with Crippen molar-refractivity contribution in [2.24, 2.45) is 4.99 Å². The van der Waals surface area contributed by atoms with Crippen LogP contribution in [0.5, 0.6) is 0 Å².